The van der Waals surface area contributed by atoms with Gasteiger partial charge in [-0.25, -0.2) is 4.98 Å². The zero-order valence-electron chi connectivity index (χ0n) is 16.3. The van der Waals surface area contributed by atoms with Crippen molar-refractivity contribution in [1.82, 2.24) is 9.97 Å². The van der Waals surface area contributed by atoms with Gasteiger partial charge in [0.05, 0.1) is 36.7 Å². The lowest BCUT2D eigenvalue weighted by molar-refractivity contribution is -0.0402. The molecule has 4 heterocycles. The van der Waals surface area contributed by atoms with E-state index in [-0.39, 0.29) is 5.60 Å². The van der Waals surface area contributed by atoms with Gasteiger partial charge in [-0.2, -0.15) is 5.26 Å². The van der Waals surface area contributed by atoms with Crippen molar-refractivity contribution in [1.29, 1.82) is 5.26 Å². The van der Waals surface area contributed by atoms with Crippen LogP contribution >= 0.6 is 11.8 Å². The van der Waals surface area contributed by atoms with Gasteiger partial charge in [-0.05, 0) is 31.5 Å². The molecule has 0 bridgehead atoms. The Labute approximate surface area is 169 Å². The Morgan fingerprint density at radius 1 is 1.25 bits per heavy atom. The average Bonchev–Trinajstić information content (AvgIpc) is 2.72. The molecule has 2 aliphatic heterocycles. The molecular formula is C21H24N4O2S. The van der Waals surface area contributed by atoms with Crippen LogP contribution in [0.25, 0.3) is 0 Å². The molecule has 1 saturated heterocycles. The maximum Gasteiger partial charge on any atom is 0.135 e. The van der Waals surface area contributed by atoms with Gasteiger partial charge in [0, 0.05) is 37.0 Å². The van der Waals surface area contributed by atoms with Crippen LogP contribution in [-0.4, -0.2) is 41.9 Å². The normalized spacial score (nSPS) is 18.4. The highest BCUT2D eigenvalue weighted by atomic mass is 32.2. The molecule has 0 aromatic carbocycles. The Balaban J connectivity index is 1.75. The number of nitrogens with zero attached hydrogens (tertiary/aromatic N) is 4. The SMILES string of the molecule is CC1(C)Cc2c(C#N)c(SCc3ccccn3)nc(N3CCOCC3)c2CO1. The Hall–Kier alpha value is -2.14. The van der Waals surface area contributed by atoms with Crippen LogP contribution in [0.5, 0.6) is 0 Å². The van der Waals surface area contributed by atoms with E-state index < -0.39 is 0 Å². The lowest BCUT2D eigenvalue weighted by Crippen LogP contribution is -2.39. The van der Waals surface area contributed by atoms with E-state index in [1.807, 2.05) is 18.2 Å². The van der Waals surface area contributed by atoms with Crippen LogP contribution in [0, 0.1) is 11.3 Å². The lowest BCUT2D eigenvalue weighted by atomic mass is 9.89. The topological polar surface area (TPSA) is 71.3 Å². The second-order valence-electron chi connectivity index (χ2n) is 7.62. The summed E-state index contributed by atoms with van der Waals surface area (Å²) >= 11 is 1.58. The third-order valence-corrected chi connectivity index (χ3v) is 6.08. The zero-order chi connectivity index (χ0) is 19.6. The quantitative estimate of drug-likeness (QED) is 0.734. The largest absolute Gasteiger partial charge is 0.378 e. The van der Waals surface area contributed by atoms with Crippen molar-refractivity contribution in [3.05, 3.63) is 46.8 Å². The standard InChI is InChI=1S/C21H24N4O2S/c1-21(2)11-16-17(12-22)20(28-14-15-5-3-4-6-23-15)24-19(18(16)13-27-21)25-7-9-26-10-8-25/h3-6H,7-11,13-14H2,1-2H3. The van der Waals surface area contributed by atoms with Gasteiger partial charge in [-0.15, -0.1) is 0 Å². The summed E-state index contributed by atoms with van der Waals surface area (Å²) in [7, 11) is 0. The molecule has 0 N–H and O–H groups in total. The summed E-state index contributed by atoms with van der Waals surface area (Å²) in [5.74, 6) is 1.63. The molecule has 0 radical (unpaired) electrons. The van der Waals surface area contributed by atoms with Crippen LogP contribution in [0.15, 0.2) is 29.4 Å². The minimum absolute atomic E-state index is 0.287. The number of nitriles is 1. The first kappa shape index (κ1) is 19.2. The number of pyridine rings is 2. The fourth-order valence-corrected chi connectivity index (χ4v) is 4.53. The van der Waals surface area contributed by atoms with Crippen LogP contribution in [-0.2, 0) is 28.3 Å². The van der Waals surface area contributed by atoms with Crippen molar-refractivity contribution in [2.75, 3.05) is 31.2 Å². The Morgan fingerprint density at radius 2 is 2.07 bits per heavy atom. The summed E-state index contributed by atoms with van der Waals surface area (Å²) in [6.45, 7) is 7.64. The van der Waals surface area contributed by atoms with Gasteiger partial charge < -0.3 is 14.4 Å². The van der Waals surface area contributed by atoms with E-state index in [0.29, 0.717) is 37.6 Å². The summed E-state index contributed by atoms with van der Waals surface area (Å²) in [5, 5.41) is 10.7. The van der Waals surface area contributed by atoms with E-state index in [4.69, 9.17) is 14.5 Å². The van der Waals surface area contributed by atoms with Gasteiger partial charge >= 0.3 is 0 Å². The number of ether oxygens (including phenoxy) is 2. The van der Waals surface area contributed by atoms with Crippen molar-refractivity contribution in [3.8, 4) is 6.07 Å². The van der Waals surface area contributed by atoms with Crippen LogP contribution in [0.4, 0.5) is 5.82 Å². The second kappa shape index (κ2) is 8.08. The summed E-state index contributed by atoms with van der Waals surface area (Å²) in [6.07, 6.45) is 2.50. The maximum absolute atomic E-state index is 9.95. The third-order valence-electron chi connectivity index (χ3n) is 5.07. The second-order valence-corrected chi connectivity index (χ2v) is 8.58. The van der Waals surface area contributed by atoms with E-state index >= 15 is 0 Å². The first-order chi connectivity index (χ1) is 13.6. The Morgan fingerprint density at radius 3 is 2.79 bits per heavy atom. The number of thioether (sulfide) groups is 1. The summed E-state index contributed by atoms with van der Waals surface area (Å²) in [4.78, 5) is 11.6. The fourth-order valence-electron chi connectivity index (χ4n) is 3.61. The molecule has 2 aromatic rings. The monoisotopic (exact) mass is 396 g/mol. The zero-order valence-corrected chi connectivity index (χ0v) is 17.1. The number of aromatic nitrogens is 2. The number of hydrogen-bond acceptors (Lipinski definition) is 7. The van der Waals surface area contributed by atoms with Crippen molar-refractivity contribution in [3.63, 3.8) is 0 Å². The van der Waals surface area contributed by atoms with Crippen molar-refractivity contribution >= 4 is 17.6 Å². The van der Waals surface area contributed by atoms with Crippen LogP contribution in [0.2, 0.25) is 0 Å². The van der Waals surface area contributed by atoms with Gasteiger partial charge in [0.1, 0.15) is 16.9 Å². The minimum atomic E-state index is -0.287. The smallest absolute Gasteiger partial charge is 0.135 e. The van der Waals surface area contributed by atoms with E-state index in [0.717, 1.165) is 40.8 Å². The fraction of sp³-hybridized carbons (Fsp3) is 0.476. The van der Waals surface area contributed by atoms with Gasteiger partial charge in [-0.1, -0.05) is 17.8 Å². The molecule has 0 spiro atoms. The minimum Gasteiger partial charge on any atom is -0.378 e. The van der Waals surface area contributed by atoms with E-state index in [9.17, 15) is 5.26 Å². The number of fused-ring (bicyclic) bond motifs is 1. The highest BCUT2D eigenvalue weighted by Crippen LogP contribution is 2.39. The van der Waals surface area contributed by atoms with E-state index in [2.05, 4.69) is 29.8 Å². The number of morpholine rings is 1. The predicted molar refractivity (Wildman–Crippen MR) is 108 cm³/mol. The third kappa shape index (κ3) is 4.00. The molecule has 146 valence electrons. The first-order valence-electron chi connectivity index (χ1n) is 9.52. The first-order valence-corrected chi connectivity index (χ1v) is 10.5. The van der Waals surface area contributed by atoms with E-state index in [1.54, 1.807) is 18.0 Å². The average molecular weight is 397 g/mol. The van der Waals surface area contributed by atoms with Gasteiger partial charge in [0.15, 0.2) is 0 Å². The molecule has 2 aliphatic rings. The summed E-state index contributed by atoms with van der Waals surface area (Å²) in [5.41, 5.74) is 3.51. The Bertz CT molecular complexity index is 890. The molecular weight excluding hydrogens is 372 g/mol. The van der Waals surface area contributed by atoms with Crippen molar-refractivity contribution in [2.24, 2.45) is 0 Å². The highest BCUT2D eigenvalue weighted by molar-refractivity contribution is 7.98. The van der Waals surface area contributed by atoms with Crippen molar-refractivity contribution in [2.45, 2.75) is 43.3 Å². The lowest BCUT2D eigenvalue weighted by Gasteiger charge is -2.36. The predicted octanol–water partition coefficient (Wildman–Crippen LogP) is 3.33. The molecule has 4 rings (SSSR count). The van der Waals surface area contributed by atoms with Gasteiger partial charge in [-0.3, -0.25) is 4.98 Å². The van der Waals surface area contributed by atoms with Gasteiger partial charge in [0.2, 0.25) is 0 Å². The molecule has 7 heteroatoms. The summed E-state index contributed by atoms with van der Waals surface area (Å²) < 4.78 is 11.6. The number of rotatable bonds is 4. The summed E-state index contributed by atoms with van der Waals surface area (Å²) in [6, 6.07) is 8.31. The Kier molecular flexibility index (Phi) is 5.54. The van der Waals surface area contributed by atoms with Gasteiger partial charge in [0.25, 0.3) is 0 Å². The maximum atomic E-state index is 9.95. The molecule has 1 fully saturated rings. The molecule has 0 atom stereocenters. The number of hydrogen-bond donors (Lipinski definition) is 0. The molecule has 0 unspecified atom stereocenters. The van der Waals surface area contributed by atoms with E-state index in [1.165, 1.54) is 0 Å². The molecule has 0 saturated carbocycles. The molecule has 28 heavy (non-hydrogen) atoms. The van der Waals surface area contributed by atoms with Crippen LogP contribution in [0.1, 0.15) is 36.2 Å². The molecule has 0 amide bonds. The molecule has 2 aromatic heterocycles. The number of anilines is 1. The van der Waals surface area contributed by atoms with Crippen LogP contribution in [0.3, 0.4) is 0 Å². The molecule has 0 aliphatic carbocycles. The highest BCUT2D eigenvalue weighted by Gasteiger charge is 2.33. The van der Waals surface area contributed by atoms with Crippen molar-refractivity contribution < 1.29 is 9.47 Å². The van der Waals surface area contributed by atoms with Crippen LogP contribution < -0.4 is 4.90 Å². The molecule has 6 nitrogen and oxygen atoms in total.